The van der Waals surface area contributed by atoms with E-state index in [0.717, 1.165) is 18.2 Å². The van der Waals surface area contributed by atoms with Crippen LogP contribution in [0.15, 0.2) is 23.1 Å². The Hall–Kier alpha value is -0.359. The van der Waals surface area contributed by atoms with Gasteiger partial charge in [-0.1, -0.05) is 0 Å². The summed E-state index contributed by atoms with van der Waals surface area (Å²) in [5.41, 5.74) is -1.98. The van der Waals surface area contributed by atoms with Gasteiger partial charge in [-0.3, -0.25) is 4.55 Å². The number of hydrogen-bond donors (Lipinski definition) is 1. The van der Waals surface area contributed by atoms with Crippen molar-refractivity contribution in [1.29, 1.82) is 0 Å². The second kappa shape index (κ2) is 8.55. The van der Waals surface area contributed by atoms with Gasteiger partial charge in [0.25, 0.3) is 10.1 Å². The Morgan fingerprint density at radius 2 is 1.20 bits per heavy atom. The topological polar surface area (TPSA) is 107 Å². The van der Waals surface area contributed by atoms with Crippen LogP contribution in [0.2, 0.25) is 0 Å². The van der Waals surface area contributed by atoms with Gasteiger partial charge >= 0.3 is 60.8 Å². The number of esters is 2. The maximum Gasteiger partial charge on any atom is 2.00 e. The van der Waals surface area contributed by atoms with Crippen LogP contribution in [0.4, 0.5) is 0 Å². The van der Waals surface area contributed by atoms with E-state index >= 15 is 0 Å². The Bertz CT molecular complexity index is 720. The van der Waals surface area contributed by atoms with Crippen molar-refractivity contribution in [3.05, 3.63) is 29.3 Å². The maximum atomic E-state index is 12.1. The van der Waals surface area contributed by atoms with Gasteiger partial charge in [-0.15, -0.1) is 0 Å². The Morgan fingerprint density at radius 1 is 0.880 bits per heavy atom. The molecule has 7 nitrogen and oxygen atoms in total. The summed E-state index contributed by atoms with van der Waals surface area (Å²) in [4.78, 5) is 23.7. The molecule has 0 saturated heterocycles. The molecule has 0 unspecified atom stereocenters. The Balaban J connectivity index is -0.00000192. The van der Waals surface area contributed by atoms with Gasteiger partial charge in [0.15, 0.2) is 0 Å². The molecule has 1 aromatic rings. The number of benzene rings is 1. The third-order valence-corrected chi connectivity index (χ3v) is 3.30. The first-order valence-corrected chi connectivity index (χ1v) is 8.62. The van der Waals surface area contributed by atoms with Crippen LogP contribution in [0.3, 0.4) is 0 Å². The van der Waals surface area contributed by atoms with Crippen molar-refractivity contribution in [3.63, 3.8) is 0 Å². The Labute approximate surface area is 191 Å². The van der Waals surface area contributed by atoms with Crippen LogP contribution < -0.4 is 0 Å². The van der Waals surface area contributed by atoms with E-state index in [1.54, 1.807) is 41.5 Å². The van der Waals surface area contributed by atoms with Gasteiger partial charge in [0.1, 0.15) is 11.2 Å². The third-order valence-electron chi connectivity index (χ3n) is 2.47. The molecule has 0 aliphatic rings. The molecule has 0 amide bonds. The molecule has 0 atom stereocenters. The van der Waals surface area contributed by atoms with Crippen LogP contribution >= 0.6 is 0 Å². The van der Waals surface area contributed by atoms with E-state index in [4.69, 9.17) is 9.47 Å². The molecule has 0 spiro atoms. The molecular formula is C16H24BaO7S. The molecule has 0 saturated carbocycles. The van der Waals surface area contributed by atoms with Gasteiger partial charge in [-0.25, -0.2) is 9.59 Å². The van der Waals surface area contributed by atoms with Gasteiger partial charge in [0.05, 0.1) is 16.0 Å². The average Bonchev–Trinajstić information content (AvgIpc) is 2.33. The SMILES string of the molecule is CC(C)(C)OC(=O)c1cc(C(=O)OC(C)(C)C)cc(S(=O)(=O)O)c1.[Ba+2].[H-].[H-]. The quantitative estimate of drug-likeness (QED) is 0.389. The molecule has 0 aliphatic heterocycles. The minimum absolute atomic E-state index is 0. The second-order valence-electron chi connectivity index (χ2n) is 7.22. The molecule has 0 radical (unpaired) electrons. The summed E-state index contributed by atoms with van der Waals surface area (Å²) in [5, 5.41) is 0. The molecule has 0 heterocycles. The third kappa shape index (κ3) is 8.72. The summed E-state index contributed by atoms with van der Waals surface area (Å²) in [6, 6.07) is 3.05. The van der Waals surface area contributed by atoms with Crippen LogP contribution in [0.1, 0.15) is 65.1 Å². The number of carbonyl (C=O) groups excluding carboxylic acids is 2. The predicted octanol–water partition coefficient (Wildman–Crippen LogP) is 2.69. The molecule has 1 aromatic carbocycles. The smallest absolute Gasteiger partial charge is 1.00 e. The summed E-state index contributed by atoms with van der Waals surface area (Å²) in [7, 11) is -4.62. The number of carbonyl (C=O) groups is 2. The molecule has 1 rings (SSSR count). The zero-order chi connectivity index (χ0) is 18.9. The van der Waals surface area contributed by atoms with E-state index in [1.165, 1.54) is 0 Å². The van der Waals surface area contributed by atoms with E-state index in [0.29, 0.717) is 0 Å². The van der Waals surface area contributed by atoms with Gasteiger partial charge in [-0.2, -0.15) is 8.42 Å². The first kappa shape index (κ1) is 24.6. The van der Waals surface area contributed by atoms with E-state index in [2.05, 4.69) is 0 Å². The zero-order valence-electron chi connectivity index (χ0n) is 17.2. The minimum atomic E-state index is -4.62. The molecule has 9 heteroatoms. The monoisotopic (exact) mass is 498 g/mol. The van der Waals surface area contributed by atoms with Gasteiger partial charge in [0.2, 0.25) is 0 Å². The molecular weight excluding hydrogens is 474 g/mol. The summed E-state index contributed by atoms with van der Waals surface area (Å²) in [5.74, 6) is -1.64. The summed E-state index contributed by atoms with van der Waals surface area (Å²) >= 11 is 0. The van der Waals surface area contributed by atoms with Crippen molar-refractivity contribution >= 4 is 70.9 Å². The van der Waals surface area contributed by atoms with Crippen LogP contribution in [-0.2, 0) is 19.6 Å². The standard InChI is InChI=1S/C16H22O7S.Ba.2H/c1-15(2,3)22-13(17)10-7-11(14(18)23-16(4,5)6)9-12(8-10)24(19,20)21;;;/h7-9H,1-6H3,(H,19,20,21);;;/q;+2;2*-1. The van der Waals surface area contributed by atoms with Crippen LogP contribution in [0, 0.1) is 0 Å². The molecule has 0 fully saturated rings. The number of hydrogen-bond acceptors (Lipinski definition) is 6. The van der Waals surface area contributed by atoms with Crippen LogP contribution in [0.25, 0.3) is 0 Å². The minimum Gasteiger partial charge on any atom is -1.00 e. The summed E-state index contributed by atoms with van der Waals surface area (Å²) < 4.78 is 42.4. The van der Waals surface area contributed by atoms with Gasteiger partial charge in [-0.05, 0) is 59.7 Å². The predicted molar refractivity (Wildman–Crippen MR) is 94.6 cm³/mol. The largest absolute Gasteiger partial charge is 2.00 e. The van der Waals surface area contributed by atoms with Gasteiger partial charge < -0.3 is 12.3 Å². The van der Waals surface area contributed by atoms with E-state index in [9.17, 15) is 22.6 Å². The number of rotatable bonds is 3. The Morgan fingerprint density at radius 3 is 1.44 bits per heavy atom. The van der Waals surface area contributed by atoms with Crippen molar-refractivity contribution in [1.82, 2.24) is 0 Å². The maximum absolute atomic E-state index is 12.1. The molecule has 1 N–H and O–H groups in total. The van der Waals surface area contributed by atoms with Crippen LogP contribution in [0.5, 0.6) is 0 Å². The van der Waals surface area contributed by atoms with E-state index in [-0.39, 0.29) is 62.9 Å². The van der Waals surface area contributed by atoms with Crippen molar-refractivity contribution in [3.8, 4) is 0 Å². The molecule has 0 aromatic heterocycles. The summed E-state index contributed by atoms with van der Waals surface area (Å²) in [6.45, 7) is 9.87. The van der Waals surface area contributed by atoms with Crippen molar-refractivity contribution < 1.29 is 34.9 Å². The fraction of sp³-hybridized carbons (Fsp3) is 0.500. The van der Waals surface area contributed by atoms with E-state index in [1.807, 2.05) is 0 Å². The average molecular weight is 498 g/mol. The molecule has 0 bridgehead atoms. The van der Waals surface area contributed by atoms with Crippen molar-refractivity contribution in [2.24, 2.45) is 0 Å². The number of ether oxygens (including phenoxy) is 2. The molecule has 0 aliphatic carbocycles. The fourth-order valence-electron chi connectivity index (χ4n) is 1.66. The fourth-order valence-corrected chi connectivity index (χ4v) is 2.21. The zero-order valence-corrected chi connectivity index (χ0v) is 20.5. The first-order chi connectivity index (χ1) is 10.6. The van der Waals surface area contributed by atoms with Crippen molar-refractivity contribution in [2.45, 2.75) is 57.6 Å². The summed E-state index contributed by atoms with van der Waals surface area (Å²) in [6.07, 6.45) is 0. The van der Waals surface area contributed by atoms with Crippen molar-refractivity contribution in [2.75, 3.05) is 0 Å². The van der Waals surface area contributed by atoms with E-state index < -0.39 is 38.2 Å². The Kier molecular flexibility index (Phi) is 8.43. The normalized spacial score (nSPS) is 12.1. The molecule has 25 heavy (non-hydrogen) atoms. The molecule has 138 valence electrons. The second-order valence-corrected chi connectivity index (χ2v) is 8.65. The van der Waals surface area contributed by atoms with Crippen LogP contribution in [-0.4, -0.2) is 85.0 Å². The first-order valence-electron chi connectivity index (χ1n) is 7.18. The van der Waals surface area contributed by atoms with Gasteiger partial charge in [0, 0.05) is 0 Å².